The minimum Gasteiger partial charge on any atom is -0.303 e. The van der Waals surface area contributed by atoms with Crippen LogP contribution in [0.2, 0.25) is 0 Å². The van der Waals surface area contributed by atoms with E-state index in [0.717, 1.165) is 34.4 Å². The number of aromatic nitrogens is 4. The smallest absolute Gasteiger partial charge is 0.191 e. The highest BCUT2D eigenvalue weighted by Gasteiger charge is 2.29. The van der Waals surface area contributed by atoms with Crippen molar-refractivity contribution in [2.75, 3.05) is 0 Å². The molecule has 6 heteroatoms. The monoisotopic (exact) mass is 428 g/mol. The first-order valence-electron chi connectivity index (χ1n) is 10.2. The van der Waals surface area contributed by atoms with Crippen LogP contribution in [0.4, 0.5) is 0 Å². The molecule has 0 bridgehead atoms. The summed E-state index contributed by atoms with van der Waals surface area (Å²) in [6, 6.07) is 21.8. The summed E-state index contributed by atoms with van der Waals surface area (Å²) >= 11 is 3.54. The van der Waals surface area contributed by atoms with Gasteiger partial charge in [0.15, 0.2) is 5.16 Å². The van der Waals surface area contributed by atoms with Crippen molar-refractivity contribution >= 4 is 44.8 Å². The van der Waals surface area contributed by atoms with E-state index in [0.29, 0.717) is 6.04 Å². The van der Waals surface area contributed by atoms with Crippen LogP contribution in [0.15, 0.2) is 71.2 Å². The Hall–Kier alpha value is -2.70. The van der Waals surface area contributed by atoms with Crippen LogP contribution in [0.1, 0.15) is 35.3 Å². The third-order valence-electron chi connectivity index (χ3n) is 5.59. The van der Waals surface area contributed by atoms with Crippen LogP contribution in [0, 0.1) is 0 Å². The molecule has 0 saturated heterocycles. The number of benzene rings is 2. The lowest BCUT2D eigenvalue weighted by molar-refractivity contribution is 0.635. The number of rotatable bonds is 6. The van der Waals surface area contributed by atoms with Crippen molar-refractivity contribution in [3.8, 4) is 0 Å². The minimum absolute atomic E-state index is 0.554. The Morgan fingerprint density at radius 1 is 0.900 bits per heavy atom. The van der Waals surface area contributed by atoms with Crippen molar-refractivity contribution in [2.24, 2.45) is 0 Å². The van der Waals surface area contributed by atoms with E-state index in [1.54, 1.807) is 23.1 Å². The molecule has 0 atom stereocenters. The Bertz CT molecular complexity index is 1340. The average Bonchev–Trinajstić information content (AvgIpc) is 3.34. The summed E-state index contributed by atoms with van der Waals surface area (Å²) in [5, 5.41) is 16.0. The summed E-state index contributed by atoms with van der Waals surface area (Å²) in [7, 11) is 0. The van der Waals surface area contributed by atoms with E-state index < -0.39 is 0 Å². The molecule has 4 nitrogen and oxygen atoms in total. The Labute approximate surface area is 183 Å². The zero-order valence-corrected chi connectivity index (χ0v) is 18.0. The van der Waals surface area contributed by atoms with E-state index in [-0.39, 0.29) is 0 Å². The molecule has 1 fully saturated rings. The highest BCUT2D eigenvalue weighted by Crippen LogP contribution is 2.40. The van der Waals surface area contributed by atoms with Gasteiger partial charge in [-0.15, -0.1) is 21.5 Å². The molecule has 0 unspecified atom stereocenters. The fourth-order valence-corrected chi connectivity index (χ4v) is 5.69. The van der Waals surface area contributed by atoms with Gasteiger partial charge in [-0.2, -0.15) is 0 Å². The molecule has 1 saturated carbocycles. The van der Waals surface area contributed by atoms with E-state index in [1.807, 2.05) is 0 Å². The van der Waals surface area contributed by atoms with Crippen molar-refractivity contribution in [3.05, 3.63) is 82.4 Å². The molecule has 3 aromatic heterocycles. The van der Waals surface area contributed by atoms with E-state index in [4.69, 9.17) is 4.98 Å². The number of fused-ring (bicyclic) bond motifs is 3. The number of pyridine rings is 1. The first kappa shape index (κ1) is 18.1. The first-order chi connectivity index (χ1) is 14.9. The molecule has 0 N–H and O–H groups in total. The zero-order valence-electron chi connectivity index (χ0n) is 16.4. The molecular formula is C24H20N4S2. The van der Waals surface area contributed by atoms with Crippen LogP contribution >= 0.6 is 23.1 Å². The maximum Gasteiger partial charge on any atom is 0.191 e. The van der Waals surface area contributed by atoms with Crippen molar-refractivity contribution in [3.63, 3.8) is 0 Å². The molecule has 2 aromatic carbocycles. The summed E-state index contributed by atoms with van der Waals surface area (Å²) in [5.41, 5.74) is 2.16. The van der Waals surface area contributed by atoms with Gasteiger partial charge in [-0.25, -0.2) is 0 Å². The third kappa shape index (κ3) is 3.30. The standard InChI is InChI=1S/C24H20N4S2/c1-2-9-20-18(7-1)19-8-3-4-10-21(19)25-22(20)15-30-24-27-26-23(28(24)16-11-12-16)14-17-6-5-13-29-17/h1-10,13,16H,11-12,14-15H2. The van der Waals surface area contributed by atoms with Gasteiger partial charge in [-0.3, -0.25) is 4.98 Å². The Balaban J connectivity index is 1.34. The van der Waals surface area contributed by atoms with Gasteiger partial charge in [-0.1, -0.05) is 60.3 Å². The predicted octanol–water partition coefficient (Wildman–Crippen LogP) is 6.26. The molecule has 148 valence electrons. The second-order valence-corrected chi connectivity index (χ2v) is 9.64. The summed E-state index contributed by atoms with van der Waals surface area (Å²) in [5.74, 6) is 1.87. The molecule has 0 radical (unpaired) electrons. The maximum atomic E-state index is 5.00. The van der Waals surface area contributed by atoms with Gasteiger partial charge in [0, 0.05) is 33.9 Å². The van der Waals surface area contributed by atoms with Gasteiger partial charge in [0.1, 0.15) is 5.82 Å². The maximum absolute atomic E-state index is 5.00. The SMILES string of the molecule is c1csc(Cc2nnc(SCc3nc4ccccc4c4ccccc34)n2C2CC2)c1. The van der Waals surface area contributed by atoms with Crippen LogP contribution in [0.3, 0.4) is 0 Å². The molecule has 5 aromatic rings. The molecule has 0 aliphatic heterocycles. The van der Waals surface area contributed by atoms with E-state index in [9.17, 15) is 0 Å². The highest BCUT2D eigenvalue weighted by atomic mass is 32.2. The van der Waals surface area contributed by atoms with Crippen LogP contribution in [-0.4, -0.2) is 19.7 Å². The lowest BCUT2D eigenvalue weighted by Gasteiger charge is -2.11. The lowest BCUT2D eigenvalue weighted by Crippen LogP contribution is -2.03. The van der Waals surface area contributed by atoms with Crippen molar-refractivity contribution in [1.82, 2.24) is 19.7 Å². The summed E-state index contributed by atoms with van der Waals surface area (Å²) in [6.45, 7) is 0. The number of hydrogen-bond donors (Lipinski definition) is 0. The molecule has 1 aliphatic carbocycles. The molecule has 3 heterocycles. The number of hydrogen-bond acceptors (Lipinski definition) is 5. The van der Waals surface area contributed by atoms with E-state index >= 15 is 0 Å². The summed E-state index contributed by atoms with van der Waals surface area (Å²) < 4.78 is 2.37. The van der Waals surface area contributed by atoms with Crippen molar-refractivity contribution in [1.29, 1.82) is 0 Å². The second kappa shape index (κ2) is 7.52. The van der Waals surface area contributed by atoms with Gasteiger partial charge in [0.05, 0.1) is 11.2 Å². The lowest BCUT2D eigenvalue weighted by atomic mass is 10.0. The highest BCUT2D eigenvalue weighted by molar-refractivity contribution is 7.98. The fourth-order valence-electron chi connectivity index (χ4n) is 4.01. The Morgan fingerprint density at radius 2 is 1.70 bits per heavy atom. The molecule has 6 rings (SSSR count). The van der Waals surface area contributed by atoms with E-state index in [1.165, 1.54) is 33.9 Å². The Kier molecular flexibility index (Phi) is 4.54. The first-order valence-corrected chi connectivity index (χ1v) is 12.1. The topological polar surface area (TPSA) is 43.6 Å². The second-order valence-electron chi connectivity index (χ2n) is 7.67. The fraction of sp³-hybridized carbons (Fsp3) is 0.208. The van der Waals surface area contributed by atoms with Gasteiger partial charge in [0.25, 0.3) is 0 Å². The van der Waals surface area contributed by atoms with Gasteiger partial charge >= 0.3 is 0 Å². The van der Waals surface area contributed by atoms with Gasteiger partial charge < -0.3 is 4.57 Å². The quantitative estimate of drug-likeness (QED) is 0.236. The van der Waals surface area contributed by atoms with Crippen molar-refractivity contribution in [2.45, 2.75) is 36.2 Å². The molecule has 0 amide bonds. The molecule has 30 heavy (non-hydrogen) atoms. The molecule has 0 spiro atoms. The van der Waals surface area contributed by atoms with Crippen LogP contribution in [0.5, 0.6) is 0 Å². The van der Waals surface area contributed by atoms with Crippen LogP contribution in [-0.2, 0) is 12.2 Å². The van der Waals surface area contributed by atoms with Gasteiger partial charge in [-0.05, 0) is 35.7 Å². The normalized spacial score (nSPS) is 14.0. The summed E-state index contributed by atoms with van der Waals surface area (Å²) in [4.78, 5) is 6.34. The summed E-state index contributed by atoms with van der Waals surface area (Å²) in [6.07, 6.45) is 3.30. The van der Waals surface area contributed by atoms with E-state index in [2.05, 4.69) is 80.8 Å². The number of thiophene rings is 1. The van der Waals surface area contributed by atoms with Crippen molar-refractivity contribution < 1.29 is 0 Å². The number of thioether (sulfide) groups is 1. The Morgan fingerprint density at radius 3 is 2.50 bits per heavy atom. The molecular weight excluding hydrogens is 408 g/mol. The van der Waals surface area contributed by atoms with Crippen LogP contribution in [0.25, 0.3) is 21.7 Å². The largest absolute Gasteiger partial charge is 0.303 e. The number of para-hydroxylation sites is 1. The van der Waals surface area contributed by atoms with Crippen LogP contribution < -0.4 is 0 Å². The minimum atomic E-state index is 0.554. The average molecular weight is 429 g/mol. The zero-order chi connectivity index (χ0) is 19.9. The molecule has 1 aliphatic rings. The predicted molar refractivity (Wildman–Crippen MR) is 124 cm³/mol. The third-order valence-corrected chi connectivity index (χ3v) is 7.42. The number of nitrogens with zero attached hydrogens (tertiary/aromatic N) is 4. The van der Waals surface area contributed by atoms with Gasteiger partial charge in [0.2, 0.25) is 0 Å².